The maximum atomic E-state index is 13.3. The normalized spacial score (nSPS) is 11.0. The lowest BCUT2D eigenvalue weighted by atomic mass is 9.96. The molecule has 0 aliphatic carbocycles. The molecule has 0 bridgehead atoms. The molecule has 0 atom stereocenters. The van der Waals surface area contributed by atoms with Crippen LogP contribution >= 0.6 is 15.9 Å². The van der Waals surface area contributed by atoms with E-state index in [9.17, 15) is 14.7 Å². The van der Waals surface area contributed by atoms with Gasteiger partial charge in [-0.1, -0.05) is 76.6 Å². The van der Waals surface area contributed by atoms with Crippen LogP contribution in [0.5, 0.6) is 0 Å². The van der Waals surface area contributed by atoms with E-state index >= 15 is 0 Å². The Balaban J connectivity index is 1.90. The fraction of sp³-hybridized carbons (Fsp3) is 0.120. The summed E-state index contributed by atoms with van der Waals surface area (Å²) in [7, 11) is 0. The molecule has 0 fully saturated rings. The van der Waals surface area contributed by atoms with Crippen molar-refractivity contribution in [2.45, 2.75) is 19.4 Å². The first kappa shape index (κ1) is 20.1. The Morgan fingerprint density at radius 1 is 0.900 bits per heavy atom. The molecule has 1 aromatic heterocycles. The lowest BCUT2D eigenvalue weighted by molar-refractivity contribution is 0.0684. The molecule has 0 saturated heterocycles. The van der Waals surface area contributed by atoms with E-state index in [0.29, 0.717) is 29.3 Å². The van der Waals surface area contributed by atoms with Crippen LogP contribution in [0.4, 0.5) is 0 Å². The largest absolute Gasteiger partial charge is 0.477 e. The van der Waals surface area contributed by atoms with Gasteiger partial charge in [0.15, 0.2) is 0 Å². The maximum Gasteiger partial charge on any atom is 0.353 e. The molecule has 30 heavy (non-hydrogen) atoms. The third-order valence-corrected chi connectivity index (χ3v) is 5.68. The van der Waals surface area contributed by atoms with Crippen LogP contribution in [0.15, 0.2) is 88.1 Å². The van der Waals surface area contributed by atoms with Crippen molar-refractivity contribution >= 4 is 32.7 Å². The molecular formula is C25H20BrNO3. The molecule has 3 aromatic carbocycles. The van der Waals surface area contributed by atoms with Gasteiger partial charge in [0.25, 0.3) is 5.56 Å². The van der Waals surface area contributed by atoms with E-state index in [1.165, 1.54) is 4.57 Å². The molecule has 0 radical (unpaired) electrons. The van der Waals surface area contributed by atoms with Crippen molar-refractivity contribution < 1.29 is 9.90 Å². The number of carboxylic acid groups (broad SMARTS) is 1. The molecule has 0 unspecified atom stereocenters. The number of benzene rings is 3. The van der Waals surface area contributed by atoms with Gasteiger partial charge in [0.1, 0.15) is 5.69 Å². The number of hydrogen-bond donors (Lipinski definition) is 1. The third-order valence-electron chi connectivity index (χ3n) is 5.19. The highest BCUT2D eigenvalue weighted by atomic mass is 79.9. The molecule has 150 valence electrons. The second-order valence-corrected chi connectivity index (χ2v) is 8.05. The second kappa shape index (κ2) is 8.67. The molecule has 1 N–H and O–H groups in total. The monoisotopic (exact) mass is 461 g/mol. The highest BCUT2D eigenvalue weighted by Crippen LogP contribution is 2.32. The van der Waals surface area contributed by atoms with Gasteiger partial charge in [-0.2, -0.15) is 0 Å². The first-order valence-electron chi connectivity index (χ1n) is 9.75. The number of carboxylic acids is 1. The van der Waals surface area contributed by atoms with Gasteiger partial charge in [0.05, 0.1) is 0 Å². The zero-order valence-electron chi connectivity index (χ0n) is 16.2. The summed E-state index contributed by atoms with van der Waals surface area (Å²) in [6.45, 7) is 0.335. The van der Waals surface area contributed by atoms with Crippen molar-refractivity contribution in [3.8, 4) is 11.1 Å². The fourth-order valence-corrected chi connectivity index (χ4v) is 4.20. The van der Waals surface area contributed by atoms with Gasteiger partial charge in [0, 0.05) is 22.0 Å². The predicted octanol–water partition coefficient (Wildman–Crippen LogP) is 5.76. The Morgan fingerprint density at radius 2 is 1.57 bits per heavy atom. The zero-order chi connectivity index (χ0) is 21.1. The van der Waals surface area contributed by atoms with E-state index in [-0.39, 0.29) is 11.3 Å². The van der Waals surface area contributed by atoms with Gasteiger partial charge < -0.3 is 9.67 Å². The number of pyridine rings is 1. The summed E-state index contributed by atoms with van der Waals surface area (Å²) in [6.07, 6.45) is 1.44. The average Bonchev–Trinajstić information content (AvgIpc) is 2.76. The van der Waals surface area contributed by atoms with Crippen molar-refractivity contribution in [1.82, 2.24) is 4.57 Å². The first-order valence-corrected chi connectivity index (χ1v) is 10.5. The minimum absolute atomic E-state index is 0.0323. The summed E-state index contributed by atoms with van der Waals surface area (Å²) in [5, 5.41) is 11.3. The Bertz CT molecular complexity index is 1260. The molecule has 4 aromatic rings. The molecule has 4 rings (SSSR count). The van der Waals surface area contributed by atoms with Crippen LogP contribution in [-0.2, 0) is 13.0 Å². The number of rotatable bonds is 6. The van der Waals surface area contributed by atoms with Crippen LogP contribution in [0.2, 0.25) is 0 Å². The Labute approximate surface area is 182 Å². The lowest BCUT2D eigenvalue weighted by Crippen LogP contribution is -2.28. The van der Waals surface area contributed by atoms with E-state index in [0.717, 1.165) is 22.0 Å². The number of aryl methyl sites for hydroxylation is 1. The fourth-order valence-electron chi connectivity index (χ4n) is 3.84. The van der Waals surface area contributed by atoms with Gasteiger partial charge in [-0.15, -0.1) is 0 Å². The molecule has 5 heteroatoms. The van der Waals surface area contributed by atoms with Crippen molar-refractivity contribution in [1.29, 1.82) is 0 Å². The van der Waals surface area contributed by atoms with Crippen molar-refractivity contribution in [2.24, 2.45) is 0 Å². The van der Waals surface area contributed by atoms with E-state index in [1.807, 2.05) is 72.8 Å². The van der Waals surface area contributed by atoms with Gasteiger partial charge in [0.2, 0.25) is 0 Å². The van der Waals surface area contributed by atoms with E-state index in [2.05, 4.69) is 15.9 Å². The van der Waals surface area contributed by atoms with E-state index in [4.69, 9.17) is 0 Å². The van der Waals surface area contributed by atoms with Crippen LogP contribution in [-0.4, -0.2) is 15.6 Å². The minimum Gasteiger partial charge on any atom is -0.477 e. The number of nitrogens with zero attached hydrogens (tertiary/aromatic N) is 1. The molecule has 0 aliphatic heterocycles. The van der Waals surface area contributed by atoms with Crippen LogP contribution in [0.3, 0.4) is 0 Å². The summed E-state index contributed by atoms with van der Waals surface area (Å²) in [5.41, 5.74) is 2.26. The number of hydrogen-bond acceptors (Lipinski definition) is 2. The highest BCUT2D eigenvalue weighted by molar-refractivity contribution is 9.10. The van der Waals surface area contributed by atoms with Crippen LogP contribution in [0.1, 0.15) is 22.5 Å². The van der Waals surface area contributed by atoms with Gasteiger partial charge in [-0.05, 0) is 47.6 Å². The van der Waals surface area contributed by atoms with Crippen LogP contribution in [0, 0.1) is 0 Å². The molecular weight excluding hydrogens is 442 g/mol. The SMILES string of the molecule is O=C(O)c1c(-c2ccccc2)c2cc(Br)ccc2c(=O)n1CCCc1ccccc1. The summed E-state index contributed by atoms with van der Waals surface area (Å²) in [6, 6.07) is 24.8. The summed E-state index contributed by atoms with van der Waals surface area (Å²) in [5.74, 6) is -1.10. The molecule has 0 amide bonds. The average molecular weight is 462 g/mol. The van der Waals surface area contributed by atoms with Gasteiger partial charge >= 0.3 is 5.97 Å². The predicted molar refractivity (Wildman–Crippen MR) is 123 cm³/mol. The second-order valence-electron chi connectivity index (χ2n) is 7.13. The number of aromatic carboxylic acids is 1. The van der Waals surface area contributed by atoms with Gasteiger partial charge in [-0.3, -0.25) is 4.79 Å². The van der Waals surface area contributed by atoms with E-state index < -0.39 is 5.97 Å². The topological polar surface area (TPSA) is 59.3 Å². The quantitative estimate of drug-likeness (QED) is 0.396. The summed E-state index contributed by atoms with van der Waals surface area (Å²) in [4.78, 5) is 25.6. The van der Waals surface area contributed by atoms with Crippen molar-refractivity contribution in [2.75, 3.05) is 0 Å². The molecule has 0 aliphatic rings. The maximum absolute atomic E-state index is 13.3. The molecule has 0 saturated carbocycles. The number of halogens is 1. The number of aromatic nitrogens is 1. The highest BCUT2D eigenvalue weighted by Gasteiger charge is 2.23. The smallest absolute Gasteiger partial charge is 0.353 e. The zero-order valence-corrected chi connectivity index (χ0v) is 17.8. The molecule has 4 nitrogen and oxygen atoms in total. The van der Waals surface area contributed by atoms with Crippen LogP contribution in [0.25, 0.3) is 21.9 Å². The van der Waals surface area contributed by atoms with Crippen LogP contribution < -0.4 is 5.56 Å². The van der Waals surface area contributed by atoms with Crippen molar-refractivity contribution in [3.05, 3.63) is 105 Å². The van der Waals surface area contributed by atoms with E-state index in [1.54, 1.807) is 6.07 Å². The summed E-state index contributed by atoms with van der Waals surface area (Å²) >= 11 is 3.46. The Morgan fingerprint density at radius 3 is 2.23 bits per heavy atom. The first-order chi connectivity index (χ1) is 14.6. The molecule has 0 spiro atoms. The van der Waals surface area contributed by atoms with Gasteiger partial charge in [-0.25, -0.2) is 4.79 Å². The standard InChI is InChI=1S/C25H20BrNO3/c26-19-13-14-20-21(16-19)22(18-11-5-2-6-12-18)23(25(29)30)27(24(20)28)15-7-10-17-8-3-1-4-9-17/h1-6,8-9,11-14,16H,7,10,15H2,(H,29,30). The minimum atomic E-state index is -1.10. The number of carbonyl (C=O) groups is 1. The Hall–Kier alpha value is -3.18. The third kappa shape index (κ3) is 3.94. The Kier molecular flexibility index (Phi) is 5.81. The number of fused-ring (bicyclic) bond motifs is 1. The summed E-state index contributed by atoms with van der Waals surface area (Å²) < 4.78 is 2.22. The molecule has 1 heterocycles. The van der Waals surface area contributed by atoms with Crippen molar-refractivity contribution in [3.63, 3.8) is 0 Å². The lowest BCUT2D eigenvalue weighted by Gasteiger charge is -2.18.